The number of aromatic nitrogens is 2. The molecule has 0 saturated carbocycles. The Morgan fingerprint density at radius 2 is 2.20 bits per heavy atom. The Kier molecular flexibility index (Phi) is 2.09. The van der Waals surface area contributed by atoms with E-state index in [0.29, 0.717) is 16.6 Å². The molecule has 15 heavy (non-hydrogen) atoms. The van der Waals surface area contributed by atoms with Gasteiger partial charge in [0.15, 0.2) is 0 Å². The second kappa shape index (κ2) is 3.41. The van der Waals surface area contributed by atoms with Crippen LogP contribution in [0.5, 0.6) is 0 Å². The molecule has 76 valence electrons. The quantitative estimate of drug-likeness (QED) is 0.608. The van der Waals surface area contributed by atoms with E-state index >= 15 is 0 Å². The van der Waals surface area contributed by atoms with Crippen LogP contribution < -0.4 is 11.1 Å². The Morgan fingerprint density at radius 3 is 2.93 bits per heavy atom. The van der Waals surface area contributed by atoms with E-state index in [1.165, 1.54) is 6.33 Å². The fourth-order valence-electron chi connectivity index (χ4n) is 1.28. The predicted molar refractivity (Wildman–Crippen MR) is 55.6 cm³/mol. The number of amides is 1. The van der Waals surface area contributed by atoms with E-state index in [-0.39, 0.29) is 5.82 Å². The lowest BCUT2D eigenvalue weighted by molar-refractivity contribution is 0.209. The van der Waals surface area contributed by atoms with Gasteiger partial charge < -0.3 is 10.8 Å². The van der Waals surface area contributed by atoms with Gasteiger partial charge in [0.05, 0.1) is 5.52 Å². The molecule has 1 aromatic carbocycles. The van der Waals surface area contributed by atoms with Crippen LogP contribution in [0.25, 0.3) is 10.9 Å². The lowest BCUT2D eigenvalue weighted by atomic mass is 10.2. The van der Waals surface area contributed by atoms with Gasteiger partial charge in [0.25, 0.3) is 0 Å². The van der Waals surface area contributed by atoms with Crippen molar-refractivity contribution in [3.05, 3.63) is 24.5 Å². The van der Waals surface area contributed by atoms with Crippen molar-refractivity contribution in [3.63, 3.8) is 0 Å². The molecular weight excluding hydrogens is 196 g/mol. The fourth-order valence-corrected chi connectivity index (χ4v) is 1.28. The van der Waals surface area contributed by atoms with Gasteiger partial charge in [-0.1, -0.05) is 0 Å². The second-order valence-corrected chi connectivity index (χ2v) is 2.93. The standard InChI is InChI=1S/C9H8N4O2/c10-5-1-2-7-6(3-5)8(12-4-11-7)13-9(14)15/h1-4H,10H2,(H,14,15)(H,11,12,13). The van der Waals surface area contributed by atoms with Crippen LogP contribution in [0.1, 0.15) is 0 Å². The van der Waals surface area contributed by atoms with Crippen LogP contribution in [0.2, 0.25) is 0 Å². The van der Waals surface area contributed by atoms with Gasteiger partial charge in [-0.2, -0.15) is 0 Å². The number of benzene rings is 1. The minimum Gasteiger partial charge on any atom is -0.465 e. The van der Waals surface area contributed by atoms with E-state index in [2.05, 4.69) is 15.3 Å². The third-order valence-corrected chi connectivity index (χ3v) is 1.88. The molecule has 0 saturated heterocycles. The molecule has 1 aromatic heterocycles. The van der Waals surface area contributed by atoms with E-state index in [1.807, 2.05) is 0 Å². The number of nitrogens with two attached hydrogens (primary N) is 1. The molecule has 6 nitrogen and oxygen atoms in total. The van der Waals surface area contributed by atoms with Crippen molar-refractivity contribution < 1.29 is 9.90 Å². The highest BCUT2D eigenvalue weighted by molar-refractivity contribution is 5.97. The van der Waals surface area contributed by atoms with Crippen molar-refractivity contribution >= 4 is 28.5 Å². The van der Waals surface area contributed by atoms with E-state index < -0.39 is 6.09 Å². The summed E-state index contributed by atoms with van der Waals surface area (Å²) in [5, 5.41) is 11.4. The molecule has 0 fully saturated rings. The number of nitrogen functional groups attached to an aromatic ring is 1. The highest BCUT2D eigenvalue weighted by atomic mass is 16.4. The van der Waals surface area contributed by atoms with Crippen LogP contribution in [-0.2, 0) is 0 Å². The lowest BCUT2D eigenvalue weighted by Gasteiger charge is -2.04. The van der Waals surface area contributed by atoms with Crippen molar-refractivity contribution in [3.8, 4) is 0 Å². The zero-order valence-corrected chi connectivity index (χ0v) is 7.64. The molecule has 6 heteroatoms. The largest absolute Gasteiger partial charge is 0.465 e. The summed E-state index contributed by atoms with van der Waals surface area (Å²) in [6, 6.07) is 5.03. The number of anilines is 2. The molecule has 0 aliphatic carbocycles. The topological polar surface area (TPSA) is 101 Å². The molecule has 2 rings (SSSR count). The van der Waals surface area contributed by atoms with Crippen LogP contribution in [-0.4, -0.2) is 21.2 Å². The molecular formula is C9H8N4O2. The molecule has 0 spiro atoms. The van der Waals surface area contributed by atoms with Gasteiger partial charge in [-0.05, 0) is 18.2 Å². The van der Waals surface area contributed by atoms with Crippen molar-refractivity contribution in [2.45, 2.75) is 0 Å². The Labute approximate surface area is 84.8 Å². The average molecular weight is 204 g/mol. The van der Waals surface area contributed by atoms with Gasteiger partial charge in [-0.3, -0.25) is 5.32 Å². The van der Waals surface area contributed by atoms with Crippen LogP contribution in [0.15, 0.2) is 24.5 Å². The van der Waals surface area contributed by atoms with Gasteiger partial charge in [0.2, 0.25) is 0 Å². The lowest BCUT2D eigenvalue weighted by Crippen LogP contribution is -2.09. The second-order valence-electron chi connectivity index (χ2n) is 2.93. The zero-order valence-electron chi connectivity index (χ0n) is 7.64. The first-order valence-corrected chi connectivity index (χ1v) is 4.17. The summed E-state index contributed by atoms with van der Waals surface area (Å²) in [5.41, 5.74) is 6.77. The maximum Gasteiger partial charge on any atom is 0.410 e. The molecule has 0 radical (unpaired) electrons. The van der Waals surface area contributed by atoms with Gasteiger partial charge in [0.1, 0.15) is 12.1 Å². The van der Waals surface area contributed by atoms with Crippen molar-refractivity contribution in [2.24, 2.45) is 0 Å². The first-order chi connectivity index (χ1) is 7.16. The Morgan fingerprint density at radius 1 is 1.40 bits per heavy atom. The Balaban J connectivity index is 2.63. The first-order valence-electron chi connectivity index (χ1n) is 4.17. The number of rotatable bonds is 1. The number of nitrogens with one attached hydrogen (secondary N) is 1. The summed E-state index contributed by atoms with van der Waals surface area (Å²) in [6.45, 7) is 0. The minimum atomic E-state index is -1.17. The summed E-state index contributed by atoms with van der Waals surface area (Å²) < 4.78 is 0. The summed E-state index contributed by atoms with van der Waals surface area (Å²) in [4.78, 5) is 18.3. The van der Waals surface area contributed by atoms with Crippen molar-refractivity contribution in [1.82, 2.24) is 9.97 Å². The smallest absolute Gasteiger partial charge is 0.410 e. The number of carboxylic acid groups (broad SMARTS) is 1. The third kappa shape index (κ3) is 1.78. The summed E-state index contributed by atoms with van der Waals surface area (Å²) in [5.74, 6) is 0.236. The number of fused-ring (bicyclic) bond motifs is 1. The van der Waals surface area contributed by atoms with E-state index in [9.17, 15) is 4.79 Å². The van der Waals surface area contributed by atoms with Crippen LogP contribution in [0, 0.1) is 0 Å². The van der Waals surface area contributed by atoms with Crippen LogP contribution in [0.3, 0.4) is 0 Å². The van der Waals surface area contributed by atoms with Crippen LogP contribution in [0.4, 0.5) is 16.3 Å². The van der Waals surface area contributed by atoms with Gasteiger partial charge in [0, 0.05) is 11.1 Å². The van der Waals surface area contributed by atoms with Gasteiger partial charge >= 0.3 is 6.09 Å². The maximum absolute atomic E-state index is 10.5. The first kappa shape index (κ1) is 9.20. The molecule has 0 atom stereocenters. The van der Waals surface area contributed by atoms with Gasteiger partial charge in [-0.25, -0.2) is 14.8 Å². The van der Waals surface area contributed by atoms with E-state index in [1.54, 1.807) is 18.2 Å². The monoisotopic (exact) mass is 204 g/mol. The molecule has 0 aliphatic rings. The molecule has 2 aromatic rings. The minimum absolute atomic E-state index is 0.236. The highest BCUT2D eigenvalue weighted by Gasteiger charge is 2.06. The SMILES string of the molecule is Nc1ccc2ncnc(NC(=O)O)c2c1. The molecule has 1 amide bonds. The number of hydrogen-bond acceptors (Lipinski definition) is 4. The predicted octanol–water partition coefficient (Wildman–Crippen LogP) is 1.30. The molecule has 0 aliphatic heterocycles. The molecule has 1 heterocycles. The van der Waals surface area contributed by atoms with E-state index in [4.69, 9.17) is 10.8 Å². The number of carbonyl (C=O) groups is 1. The Bertz CT molecular complexity index is 527. The van der Waals surface area contributed by atoms with E-state index in [0.717, 1.165) is 0 Å². The third-order valence-electron chi connectivity index (χ3n) is 1.88. The van der Waals surface area contributed by atoms with Crippen LogP contribution >= 0.6 is 0 Å². The van der Waals surface area contributed by atoms with Crippen molar-refractivity contribution in [2.75, 3.05) is 11.1 Å². The Hall–Kier alpha value is -2.37. The number of hydrogen-bond donors (Lipinski definition) is 3. The normalized spacial score (nSPS) is 10.1. The summed E-state index contributed by atoms with van der Waals surface area (Å²) in [6.07, 6.45) is 0.126. The fraction of sp³-hybridized carbons (Fsp3) is 0. The molecule has 4 N–H and O–H groups in total. The summed E-state index contributed by atoms with van der Waals surface area (Å²) >= 11 is 0. The maximum atomic E-state index is 10.5. The van der Waals surface area contributed by atoms with Gasteiger partial charge in [-0.15, -0.1) is 0 Å². The summed E-state index contributed by atoms with van der Waals surface area (Å²) in [7, 11) is 0. The molecule has 0 unspecified atom stereocenters. The average Bonchev–Trinajstić information content (AvgIpc) is 2.18. The molecule has 0 bridgehead atoms. The highest BCUT2D eigenvalue weighted by Crippen LogP contribution is 2.21. The zero-order chi connectivity index (χ0) is 10.8. The number of nitrogens with zero attached hydrogens (tertiary/aromatic N) is 2. The van der Waals surface area contributed by atoms with Crippen molar-refractivity contribution in [1.29, 1.82) is 0 Å².